The molecule has 29 heavy (non-hydrogen) atoms. The standard InChI is InChI=1S/C21H18N2O5S/c1-2-10-27-14-7-5-13(6-8-14)18(24)16-17(15-4-3-11-28-15)23(20(26)19(16)25)21-22-9-12-29-21/h3-9,11-12,17,24H,2,10H2,1H3. The van der Waals surface area contributed by atoms with E-state index in [2.05, 4.69) is 4.98 Å². The van der Waals surface area contributed by atoms with E-state index in [9.17, 15) is 14.7 Å². The maximum Gasteiger partial charge on any atom is 0.302 e. The van der Waals surface area contributed by atoms with Crippen molar-refractivity contribution in [2.45, 2.75) is 19.4 Å². The monoisotopic (exact) mass is 410 g/mol. The van der Waals surface area contributed by atoms with Crippen molar-refractivity contribution < 1.29 is 23.8 Å². The second kappa shape index (κ2) is 7.92. The van der Waals surface area contributed by atoms with Crippen molar-refractivity contribution in [1.82, 2.24) is 4.98 Å². The van der Waals surface area contributed by atoms with E-state index in [1.807, 2.05) is 6.92 Å². The van der Waals surface area contributed by atoms with Crippen LogP contribution in [0.5, 0.6) is 5.75 Å². The summed E-state index contributed by atoms with van der Waals surface area (Å²) in [5.41, 5.74) is 0.366. The van der Waals surface area contributed by atoms with E-state index in [1.54, 1.807) is 48.0 Å². The van der Waals surface area contributed by atoms with Gasteiger partial charge >= 0.3 is 5.91 Å². The van der Waals surface area contributed by atoms with Crippen LogP contribution in [0.3, 0.4) is 0 Å². The SMILES string of the molecule is CCCOc1ccc(C(O)=C2C(=O)C(=O)N(c3nccs3)C2c2ccco2)cc1. The van der Waals surface area contributed by atoms with Gasteiger partial charge in [-0.15, -0.1) is 11.3 Å². The van der Waals surface area contributed by atoms with Crippen LogP contribution in [0.1, 0.15) is 30.7 Å². The van der Waals surface area contributed by atoms with Crippen LogP contribution in [0.15, 0.2) is 64.2 Å². The van der Waals surface area contributed by atoms with Crippen LogP contribution in [-0.2, 0) is 9.59 Å². The lowest BCUT2D eigenvalue weighted by atomic mass is 9.99. The first-order valence-corrected chi connectivity index (χ1v) is 9.97. The van der Waals surface area contributed by atoms with Gasteiger partial charge in [0.2, 0.25) is 0 Å². The van der Waals surface area contributed by atoms with E-state index in [4.69, 9.17) is 9.15 Å². The quantitative estimate of drug-likeness (QED) is 0.373. The molecule has 1 saturated heterocycles. The number of thiazole rings is 1. The summed E-state index contributed by atoms with van der Waals surface area (Å²) < 4.78 is 11.0. The Morgan fingerprint density at radius 2 is 2.07 bits per heavy atom. The molecule has 1 aliphatic rings. The number of carbonyl (C=O) groups is 2. The number of amides is 1. The van der Waals surface area contributed by atoms with E-state index in [0.29, 0.717) is 28.8 Å². The number of furan rings is 1. The maximum absolute atomic E-state index is 12.8. The third-order valence-corrected chi connectivity index (χ3v) is 5.25. The van der Waals surface area contributed by atoms with Gasteiger partial charge in [0.1, 0.15) is 23.3 Å². The number of ether oxygens (including phenoxy) is 1. The molecule has 1 N–H and O–H groups in total. The lowest BCUT2D eigenvalue weighted by Crippen LogP contribution is -2.29. The molecule has 0 bridgehead atoms. The average molecular weight is 410 g/mol. The summed E-state index contributed by atoms with van der Waals surface area (Å²) in [5.74, 6) is -0.792. The zero-order valence-corrected chi connectivity index (χ0v) is 16.4. The minimum atomic E-state index is -0.896. The molecular formula is C21H18N2O5S. The molecule has 1 aromatic carbocycles. The summed E-state index contributed by atoms with van der Waals surface area (Å²) in [7, 11) is 0. The molecule has 1 fully saturated rings. The smallest absolute Gasteiger partial charge is 0.302 e. The van der Waals surface area contributed by atoms with Crippen LogP contribution in [0, 0.1) is 0 Å². The number of Topliss-reactive ketones (excluding diaryl/α,β-unsaturated/α-hetero) is 1. The number of aromatic nitrogens is 1. The molecule has 4 rings (SSSR count). The fourth-order valence-corrected chi connectivity index (χ4v) is 3.83. The molecule has 0 saturated carbocycles. The number of ketones is 1. The van der Waals surface area contributed by atoms with E-state index in [1.165, 1.54) is 22.5 Å². The number of anilines is 1. The summed E-state index contributed by atoms with van der Waals surface area (Å²) in [4.78, 5) is 31.0. The molecule has 8 heteroatoms. The van der Waals surface area contributed by atoms with Crippen LogP contribution in [-0.4, -0.2) is 28.4 Å². The zero-order valence-electron chi connectivity index (χ0n) is 15.6. The molecular weight excluding hydrogens is 392 g/mol. The van der Waals surface area contributed by atoms with E-state index in [0.717, 1.165) is 6.42 Å². The van der Waals surface area contributed by atoms with Gasteiger partial charge in [-0.1, -0.05) is 6.92 Å². The van der Waals surface area contributed by atoms with Gasteiger partial charge in [0.25, 0.3) is 5.78 Å². The topological polar surface area (TPSA) is 92.9 Å². The zero-order chi connectivity index (χ0) is 20.4. The van der Waals surface area contributed by atoms with Crippen LogP contribution in [0.25, 0.3) is 5.76 Å². The average Bonchev–Trinajstić information content (AvgIpc) is 3.48. The van der Waals surface area contributed by atoms with Crippen molar-refractivity contribution in [3.63, 3.8) is 0 Å². The highest BCUT2D eigenvalue weighted by Gasteiger charge is 2.49. The summed E-state index contributed by atoms with van der Waals surface area (Å²) in [5, 5.41) is 13.0. The van der Waals surface area contributed by atoms with Gasteiger partial charge in [0, 0.05) is 17.1 Å². The molecule has 1 atom stereocenters. The second-order valence-electron chi connectivity index (χ2n) is 6.37. The number of aliphatic hydroxyl groups excluding tert-OH is 1. The molecule has 1 amide bonds. The Balaban J connectivity index is 1.79. The maximum atomic E-state index is 12.8. The third-order valence-electron chi connectivity index (χ3n) is 4.48. The minimum absolute atomic E-state index is 0.0395. The number of carbonyl (C=O) groups excluding carboxylic acids is 2. The van der Waals surface area contributed by atoms with Crippen LogP contribution in [0.4, 0.5) is 5.13 Å². The van der Waals surface area contributed by atoms with Gasteiger partial charge in [0.05, 0.1) is 18.4 Å². The van der Waals surface area contributed by atoms with Gasteiger partial charge in [-0.05, 0) is 42.8 Å². The highest BCUT2D eigenvalue weighted by Crippen LogP contribution is 2.42. The number of benzene rings is 1. The highest BCUT2D eigenvalue weighted by molar-refractivity contribution is 7.14. The highest BCUT2D eigenvalue weighted by atomic mass is 32.1. The van der Waals surface area contributed by atoms with Crippen molar-refractivity contribution in [3.8, 4) is 5.75 Å². The van der Waals surface area contributed by atoms with Gasteiger partial charge in [-0.25, -0.2) is 4.98 Å². The fraction of sp³-hybridized carbons (Fsp3) is 0.190. The second-order valence-corrected chi connectivity index (χ2v) is 7.25. The van der Waals surface area contributed by atoms with E-state index >= 15 is 0 Å². The Morgan fingerprint density at radius 3 is 2.69 bits per heavy atom. The van der Waals surface area contributed by atoms with Gasteiger partial charge in [0.15, 0.2) is 5.13 Å². The number of aliphatic hydroxyl groups is 1. The van der Waals surface area contributed by atoms with E-state index in [-0.39, 0.29) is 11.3 Å². The Kier molecular flexibility index (Phi) is 5.18. The largest absolute Gasteiger partial charge is 0.507 e. The molecule has 3 aromatic rings. The summed E-state index contributed by atoms with van der Waals surface area (Å²) in [6.07, 6.45) is 3.88. The Hall–Kier alpha value is -3.39. The molecule has 7 nitrogen and oxygen atoms in total. The summed E-state index contributed by atoms with van der Waals surface area (Å²) in [6, 6.07) is 9.15. The molecule has 0 aliphatic carbocycles. The van der Waals surface area contributed by atoms with Crippen LogP contribution in [0.2, 0.25) is 0 Å². The summed E-state index contributed by atoms with van der Waals surface area (Å²) >= 11 is 1.23. The number of rotatable bonds is 6. The third kappa shape index (κ3) is 3.42. The predicted octanol–water partition coefficient (Wildman–Crippen LogP) is 4.15. The molecule has 1 unspecified atom stereocenters. The predicted molar refractivity (Wildman–Crippen MR) is 108 cm³/mol. The Morgan fingerprint density at radius 1 is 1.28 bits per heavy atom. The molecule has 1 aliphatic heterocycles. The molecule has 2 aromatic heterocycles. The van der Waals surface area contributed by atoms with Crippen molar-refractivity contribution in [2.75, 3.05) is 11.5 Å². The van der Waals surface area contributed by atoms with Crippen molar-refractivity contribution in [3.05, 3.63) is 71.1 Å². The van der Waals surface area contributed by atoms with Gasteiger partial charge < -0.3 is 14.3 Å². The number of hydrogen-bond donors (Lipinski definition) is 1. The number of hydrogen-bond acceptors (Lipinski definition) is 7. The van der Waals surface area contributed by atoms with Crippen molar-refractivity contribution in [2.24, 2.45) is 0 Å². The lowest BCUT2D eigenvalue weighted by molar-refractivity contribution is -0.132. The molecule has 3 heterocycles. The normalized spacial score (nSPS) is 18.4. The molecule has 0 spiro atoms. The molecule has 0 radical (unpaired) electrons. The van der Waals surface area contributed by atoms with Crippen LogP contribution >= 0.6 is 11.3 Å². The Bertz CT molecular complexity index is 1040. The first-order chi connectivity index (χ1) is 14.1. The fourth-order valence-electron chi connectivity index (χ4n) is 3.17. The van der Waals surface area contributed by atoms with Gasteiger partial charge in [-0.2, -0.15) is 0 Å². The minimum Gasteiger partial charge on any atom is -0.507 e. The first kappa shape index (κ1) is 18.9. The van der Waals surface area contributed by atoms with Crippen molar-refractivity contribution >= 4 is 33.9 Å². The molecule has 148 valence electrons. The van der Waals surface area contributed by atoms with Gasteiger partial charge in [-0.3, -0.25) is 14.5 Å². The first-order valence-electron chi connectivity index (χ1n) is 9.09. The van der Waals surface area contributed by atoms with E-state index < -0.39 is 17.7 Å². The Labute approximate surface area is 170 Å². The lowest BCUT2D eigenvalue weighted by Gasteiger charge is -2.20. The van der Waals surface area contributed by atoms with Crippen molar-refractivity contribution in [1.29, 1.82) is 0 Å². The number of nitrogens with zero attached hydrogens (tertiary/aromatic N) is 2. The van der Waals surface area contributed by atoms with Crippen LogP contribution < -0.4 is 9.64 Å². The summed E-state index contributed by atoms with van der Waals surface area (Å²) in [6.45, 7) is 2.60.